The molecule has 1 aliphatic rings. The minimum Gasteiger partial charge on any atom is -0.480 e. The van der Waals surface area contributed by atoms with Gasteiger partial charge in [0.25, 0.3) is 17.5 Å². The second kappa shape index (κ2) is 5.92. The number of carboxylic acid groups (broad SMARTS) is 1. The third-order valence-corrected chi connectivity index (χ3v) is 3.55. The van der Waals surface area contributed by atoms with Gasteiger partial charge in [-0.15, -0.1) is 0 Å². The lowest BCUT2D eigenvalue weighted by Gasteiger charge is -2.22. The molecule has 1 aromatic rings. The minimum atomic E-state index is -1.31. The number of carboxylic acids is 1. The van der Waals surface area contributed by atoms with Gasteiger partial charge >= 0.3 is 5.97 Å². The summed E-state index contributed by atoms with van der Waals surface area (Å²) in [6.07, 6.45) is 1.34. The zero-order chi connectivity index (χ0) is 16.4. The number of hydrogen-bond donors (Lipinski definition) is 1. The molecule has 0 saturated carbocycles. The average molecular weight is 306 g/mol. The second-order valence-electron chi connectivity index (χ2n) is 4.93. The molecule has 0 spiro atoms. The van der Waals surface area contributed by atoms with Crippen LogP contribution in [0.3, 0.4) is 0 Å². The Balaban J connectivity index is 2.48. The van der Waals surface area contributed by atoms with Crippen LogP contribution in [0.2, 0.25) is 0 Å². The van der Waals surface area contributed by atoms with Crippen LogP contribution in [0.4, 0.5) is 5.69 Å². The predicted octanol–water partition coefficient (Wildman–Crippen LogP) is 1.83. The van der Waals surface area contributed by atoms with Crippen LogP contribution in [0.5, 0.6) is 0 Å². The number of aliphatic carboxylic acids is 1. The molecule has 1 aromatic carbocycles. The number of imide groups is 1. The van der Waals surface area contributed by atoms with Gasteiger partial charge in [0.2, 0.25) is 0 Å². The number of hydrogen-bond acceptors (Lipinski definition) is 5. The Bertz CT molecular complexity index is 669. The Morgan fingerprint density at radius 2 is 2.05 bits per heavy atom. The number of fused-ring (bicyclic) bond motifs is 1. The van der Waals surface area contributed by atoms with Gasteiger partial charge in [0.15, 0.2) is 0 Å². The Morgan fingerprint density at radius 3 is 2.59 bits per heavy atom. The lowest BCUT2D eigenvalue weighted by Crippen LogP contribution is -2.44. The Labute approximate surface area is 125 Å². The zero-order valence-electron chi connectivity index (χ0n) is 11.8. The van der Waals surface area contributed by atoms with Gasteiger partial charge in [-0.2, -0.15) is 0 Å². The summed E-state index contributed by atoms with van der Waals surface area (Å²) in [5.41, 5.74) is -0.944. The van der Waals surface area contributed by atoms with Crippen LogP contribution in [0.15, 0.2) is 18.2 Å². The van der Waals surface area contributed by atoms with E-state index in [2.05, 4.69) is 0 Å². The number of carbonyl (C=O) groups is 3. The van der Waals surface area contributed by atoms with Crippen molar-refractivity contribution in [2.24, 2.45) is 0 Å². The molecule has 116 valence electrons. The quantitative estimate of drug-likeness (QED) is 0.486. The molecule has 0 aliphatic carbocycles. The minimum absolute atomic E-state index is 0.116. The molecule has 0 radical (unpaired) electrons. The maximum atomic E-state index is 12.4. The number of rotatable bonds is 6. The van der Waals surface area contributed by atoms with E-state index in [1.165, 1.54) is 12.1 Å². The van der Waals surface area contributed by atoms with E-state index in [4.69, 9.17) is 0 Å². The third kappa shape index (κ3) is 2.43. The molecule has 0 aromatic heterocycles. The van der Waals surface area contributed by atoms with E-state index in [1.54, 1.807) is 0 Å². The summed E-state index contributed by atoms with van der Waals surface area (Å²) in [5.74, 6) is -3.02. The first-order valence-electron chi connectivity index (χ1n) is 6.78. The molecule has 2 amide bonds. The summed E-state index contributed by atoms with van der Waals surface area (Å²) in [6.45, 7) is 1.85. The van der Waals surface area contributed by atoms with Gasteiger partial charge in [-0.3, -0.25) is 24.6 Å². The van der Waals surface area contributed by atoms with E-state index in [0.29, 0.717) is 17.7 Å². The Morgan fingerprint density at radius 1 is 1.36 bits per heavy atom. The first-order valence-corrected chi connectivity index (χ1v) is 6.78. The summed E-state index contributed by atoms with van der Waals surface area (Å²) < 4.78 is 0. The first kappa shape index (κ1) is 15.6. The normalized spacial score (nSPS) is 14.9. The number of nitrogens with zero attached hydrogens (tertiary/aromatic N) is 2. The number of carbonyl (C=O) groups excluding carboxylic acids is 2. The molecular formula is C14H14N2O6. The molecule has 1 atom stereocenters. The van der Waals surface area contributed by atoms with Crippen LogP contribution in [0.1, 0.15) is 46.9 Å². The zero-order valence-corrected chi connectivity index (χ0v) is 11.8. The van der Waals surface area contributed by atoms with Crippen molar-refractivity contribution >= 4 is 23.5 Å². The molecule has 8 heteroatoms. The molecule has 8 nitrogen and oxygen atoms in total. The van der Waals surface area contributed by atoms with Gasteiger partial charge in [0.1, 0.15) is 11.6 Å². The molecule has 0 saturated heterocycles. The number of unbranched alkanes of at least 4 members (excludes halogenated alkanes) is 1. The summed E-state index contributed by atoms with van der Waals surface area (Å²) >= 11 is 0. The number of nitro groups is 1. The number of amides is 2. The molecule has 0 bridgehead atoms. The van der Waals surface area contributed by atoms with Crippen molar-refractivity contribution in [1.29, 1.82) is 0 Å². The highest BCUT2D eigenvalue weighted by molar-refractivity contribution is 6.24. The van der Waals surface area contributed by atoms with Crippen molar-refractivity contribution in [3.63, 3.8) is 0 Å². The fraction of sp³-hybridized carbons (Fsp3) is 0.357. The van der Waals surface area contributed by atoms with E-state index in [1.807, 2.05) is 6.92 Å². The molecule has 0 fully saturated rings. The monoisotopic (exact) mass is 306 g/mol. The van der Waals surface area contributed by atoms with Gasteiger partial charge < -0.3 is 5.11 Å². The SMILES string of the molecule is CCCC[C@H](C(=O)O)N1C(=O)c2cccc([N+](=O)[O-])c2C1=O. The lowest BCUT2D eigenvalue weighted by molar-refractivity contribution is -0.385. The van der Waals surface area contributed by atoms with Crippen molar-refractivity contribution in [1.82, 2.24) is 4.90 Å². The topological polar surface area (TPSA) is 118 Å². The van der Waals surface area contributed by atoms with Gasteiger partial charge in [-0.25, -0.2) is 4.79 Å². The van der Waals surface area contributed by atoms with Crippen LogP contribution >= 0.6 is 0 Å². The summed E-state index contributed by atoms with van der Waals surface area (Å²) in [5, 5.41) is 20.3. The van der Waals surface area contributed by atoms with E-state index in [-0.39, 0.29) is 17.5 Å². The molecule has 1 aliphatic heterocycles. The van der Waals surface area contributed by atoms with Crippen LogP contribution in [0.25, 0.3) is 0 Å². The largest absolute Gasteiger partial charge is 0.480 e. The fourth-order valence-electron chi connectivity index (χ4n) is 2.48. The van der Waals surface area contributed by atoms with E-state index >= 15 is 0 Å². The highest BCUT2D eigenvalue weighted by Gasteiger charge is 2.46. The van der Waals surface area contributed by atoms with E-state index < -0.39 is 34.4 Å². The van der Waals surface area contributed by atoms with E-state index in [9.17, 15) is 29.6 Å². The van der Waals surface area contributed by atoms with Gasteiger partial charge in [-0.1, -0.05) is 25.8 Å². The Kier molecular flexibility index (Phi) is 4.20. The molecule has 22 heavy (non-hydrogen) atoms. The van der Waals surface area contributed by atoms with Gasteiger partial charge in [-0.05, 0) is 12.5 Å². The number of nitro benzene ring substituents is 1. The predicted molar refractivity (Wildman–Crippen MR) is 74.5 cm³/mol. The maximum absolute atomic E-state index is 12.4. The van der Waals surface area contributed by atoms with Crippen molar-refractivity contribution in [2.75, 3.05) is 0 Å². The third-order valence-electron chi connectivity index (χ3n) is 3.55. The lowest BCUT2D eigenvalue weighted by atomic mass is 10.1. The van der Waals surface area contributed by atoms with Crippen molar-refractivity contribution in [3.05, 3.63) is 39.4 Å². The Hall–Kier alpha value is -2.77. The van der Waals surface area contributed by atoms with Crippen LogP contribution in [-0.4, -0.2) is 38.8 Å². The smallest absolute Gasteiger partial charge is 0.326 e. The van der Waals surface area contributed by atoms with Crippen LogP contribution in [-0.2, 0) is 4.79 Å². The van der Waals surface area contributed by atoms with Crippen molar-refractivity contribution in [3.8, 4) is 0 Å². The molecule has 1 N–H and O–H groups in total. The number of benzene rings is 1. The molecule has 0 unspecified atom stereocenters. The highest BCUT2D eigenvalue weighted by Crippen LogP contribution is 2.32. The summed E-state index contributed by atoms with van der Waals surface area (Å²) in [6, 6.07) is 2.40. The second-order valence-corrected chi connectivity index (χ2v) is 4.93. The van der Waals surface area contributed by atoms with Crippen molar-refractivity contribution in [2.45, 2.75) is 32.2 Å². The first-order chi connectivity index (χ1) is 10.4. The van der Waals surface area contributed by atoms with Crippen LogP contribution in [0, 0.1) is 10.1 Å². The summed E-state index contributed by atoms with van der Waals surface area (Å²) in [4.78, 5) is 46.9. The van der Waals surface area contributed by atoms with Crippen LogP contribution < -0.4 is 0 Å². The molecule has 1 heterocycles. The van der Waals surface area contributed by atoms with Gasteiger partial charge in [0.05, 0.1) is 10.5 Å². The maximum Gasteiger partial charge on any atom is 0.326 e. The highest BCUT2D eigenvalue weighted by atomic mass is 16.6. The van der Waals surface area contributed by atoms with E-state index in [0.717, 1.165) is 6.07 Å². The fourth-order valence-corrected chi connectivity index (χ4v) is 2.48. The standard InChI is InChI=1S/C14H14N2O6/c1-2-3-6-10(14(19)20)15-12(17)8-5-4-7-9(16(21)22)11(8)13(15)18/h4-5,7,10H,2-3,6H2,1H3,(H,19,20)/t10-/m1/s1. The molecular weight excluding hydrogens is 292 g/mol. The van der Waals surface area contributed by atoms with Gasteiger partial charge in [0, 0.05) is 6.07 Å². The summed E-state index contributed by atoms with van der Waals surface area (Å²) in [7, 11) is 0. The molecule has 2 rings (SSSR count). The van der Waals surface area contributed by atoms with Crippen molar-refractivity contribution < 1.29 is 24.4 Å². The average Bonchev–Trinajstić information content (AvgIpc) is 2.72.